The third-order valence-electron chi connectivity index (χ3n) is 8.56. The van der Waals surface area contributed by atoms with Crippen molar-refractivity contribution in [2.24, 2.45) is 0 Å². The predicted molar refractivity (Wildman–Crippen MR) is 200 cm³/mol. The van der Waals surface area contributed by atoms with Gasteiger partial charge in [-0.25, -0.2) is 9.97 Å². The zero-order valence-electron chi connectivity index (χ0n) is 26.0. The molecule has 4 heteroatoms. The lowest BCUT2D eigenvalue weighted by Gasteiger charge is -2.27. The Bertz CT molecular complexity index is 2330. The van der Waals surface area contributed by atoms with Gasteiger partial charge in [-0.1, -0.05) is 128 Å². The smallest absolute Gasteiger partial charge is 0.160 e. The van der Waals surface area contributed by atoms with Crippen LogP contribution in [-0.2, 0) is 0 Å². The average molecular weight is 622 g/mol. The summed E-state index contributed by atoms with van der Waals surface area (Å²) in [6.07, 6.45) is 7.79. The molecule has 224 valence electrons. The van der Waals surface area contributed by atoms with Crippen LogP contribution in [-0.4, -0.2) is 9.97 Å². The van der Waals surface area contributed by atoms with Crippen molar-refractivity contribution in [2.75, 3.05) is 4.90 Å². The van der Waals surface area contributed by atoms with Crippen LogP contribution >= 0.6 is 11.3 Å². The highest BCUT2D eigenvalue weighted by Crippen LogP contribution is 2.55. The van der Waals surface area contributed by atoms with Crippen LogP contribution in [0.3, 0.4) is 0 Å². The number of benzene rings is 5. The third-order valence-corrected chi connectivity index (χ3v) is 9.77. The highest BCUT2D eigenvalue weighted by molar-refractivity contribution is 7.23. The largest absolute Gasteiger partial charge is 0.309 e. The van der Waals surface area contributed by atoms with Crippen molar-refractivity contribution in [2.45, 2.75) is 6.92 Å². The van der Waals surface area contributed by atoms with E-state index in [0.29, 0.717) is 5.82 Å². The molecule has 0 atom stereocenters. The second kappa shape index (κ2) is 12.2. The van der Waals surface area contributed by atoms with Crippen molar-refractivity contribution < 1.29 is 0 Å². The Kier molecular flexibility index (Phi) is 7.41. The van der Waals surface area contributed by atoms with Gasteiger partial charge in [-0.05, 0) is 43.3 Å². The molecule has 47 heavy (non-hydrogen) atoms. The van der Waals surface area contributed by atoms with E-state index in [9.17, 15) is 0 Å². The monoisotopic (exact) mass is 621 g/mol. The number of fused-ring (bicyclic) bond motifs is 7. The second-order valence-corrected chi connectivity index (χ2v) is 12.5. The first-order valence-corrected chi connectivity index (χ1v) is 16.6. The van der Waals surface area contributed by atoms with Crippen molar-refractivity contribution >= 4 is 44.1 Å². The van der Waals surface area contributed by atoms with Crippen LogP contribution in [0.1, 0.15) is 12.7 Å². The summed E-state index contributed by atoms with van der Waals surface area (Å²) < 4.78 is 1.30. The molecule has 0 aliphatic carbocycles. The Morgan fingerprint density at radius 3 is 2.02 bits per heavy atom. The molecule has 3 heterocycles. The molecule has 8 rings (SSSR count). The quantitative estimate of drug-likeness (QED) is 0.173. The molecule has 3 nitrogen and oxygen atoms in total. The van der Waals surface area contributed by atoms with Crippen LogP contribution in [0.4, 0.5) is 17.1 Å². The summed E-state index contributed by atoms with van der Waals surface area (Å²) in [5.41, 5.74) is 11.9. The van der Waals surface area contributed by atoms with Crippen molar-refractivity contribution in [3.63, 3.8) is 0 Å². The van der Waals surface area contributed by atoms with E-state index in [0.717, 1.165) is 39.5 Å². The van der Waals surface area contributed by atoms with Crippen molar-refractivity contribution in [3.8, 4) is 44.1 Å². The SMILES string of the molecule is C=C/C(=C\C=C/C)c1nc(-c2ccccc2)cc(-c2ccc(N3c4ccccc4-c4sc5ccccc5c4-c4ccccc43)cc2)n1. The number of thiophene rings is 1. The van der Waals surface area contributed by atoms with Gasteiger partial charge in [-0.3, -0.25) is 0 Å². The molecular formula is C43H31N3S. The van der Waals surface area contributed by atoms with E-state index >= 15 is 0 Å². The summed E-state index contributed by atoms with van der Waals surface area (Å²) in [5, 5.41) is 1.29. The van der Waals surface area contributed by atoms with Gasteiger partial charge in [-0.2, -0.15) is 0 Å². The van der Waals surface area contributed by atoms with Gasteiger partial charge in [0.15, 0.2) is 5.82 Å². The first-order chi connectivity index (χ1) is 23.2. The maximum absolute atomic E-state index is 5.03. The molecule has 0 fully saturated rings. The third kappa shape index (κ3) is 5.09. The molecule has 0 saturated heterocycles. The van der Waals surface area contributed by atoms with Crippen LogP contribution in [0.5, 0.6) is 0 Å². The molecule has 0 bridgehead atoms. The van der Waals surface area contributed by atoms with E-state index in [-0.39, 0.29) is 0 Å². The maximum Gasteiger partial charge on any atom is 0.160 e. The molecule has 2 aromatic heterocycles. The number of anilines is 3. The van der Waals surface area contributed by atoms with Crippen molar-refractivity contribution in [1.82, 2.24) is 9.97 Å². The number of rotatable bonds is 6. The number of hydrogen-bond acceptors (Lipinski definition) is 4. The fourth-order valence-corrected chi connectivity index (χ4v) is 7.60. The van der Waals surface area contributed by atoms with Crippen LogP contribution in [0.2, 0.25) is 0 Å². The zero-order valence-corrected chi connectivity index (χ0v) is 26.8. The van der Waals surface area contributed by atoms with Crippen molar-refractivity contribution in [3.05, 3.63) is 170 Å². The maximum atomic E-state index is 5.03. The fourth-order valence-electron chi connectivity index (χ4n) is 6.35. The minimum Gasteiger partial charge on any atom is -0.309 e. The lowest BCUT2D eigenvalue weighted by Crippen LogP contribution is -2.10. The minimum atomic E-state index is 0.646. The summed E-state index contributed by atoms with van der Waals surface area (Å²) in [7, 11) is 0. The Hall–Kier alpha value is -5.84. The standard InChI is InChI=1S/C43H31N3S/c1-3-5-15-29(4-2)43-44-36(30-16-7-6-8-17-30)28-37(45-43)31-24-26-32(27-25-31)46-38-21-12-9-18-33(38)41-35-20-11-14-23-40(35)47-42(41)34-19-10-13-22-39(34)46/h3-28H,2H2,1H3/b5-3-,29-15+. The molecule has 0 amide bonds. The topological polar surface area (TPSA) is 29.0 Å². The molecule has 5 aromatic carbocycles. The number of allylic oxidation sites excluding steroid dienone is 5. The summed E-state index contributed by atoms with van der Waals surface area (Å²) in [5.74, 6) is 0.646. The molecule has 1 aliphatic rings. The number of nitrogens with zero attached hydrogens (tertiary/aromatic N) is 3. The Labute approximate surface area is 279 Å². The molecular weight excluding hydrogens is 591 g/mol. The van der Waals surface area contributed by atoms with E-state index in [4.69, 9.17) is 9.97 Å². The van der Waals surface area contributed by atoms with Gasteiger partial charge < -0.3 is 4.90 Å². The number of aromatic nitrogens is 2. The predicted octanol–water partition coefficient (Wildman–Crippen LogP) is 12.3. The number of hydrogen-bond donors (Lipinski definition) is 0. The average Bonchev–Trinajstić information content (AvgIpc) is 3.47. The van der Waals surface area contributed by atoms with Crippen LogP contribution in [0, 0.1) is 0 Å². The fraction of sp³-hybridized carbons (Fsp3) is 0.0233. The first kappa shape index (κ1) is 28.6. The van der Waals surface area contributed by atoms with E-state index < -0.39 is 0 Å². The molecule has 1 aliphatic heterocycles. The minimum absolute atomic E-state index is 0.646. The second-order valence-electron chi connectivity index (χ2n) is 11.4. The molecule has 0 spiro atoms. The van der Waals surface area contributed by atoms with E-state index in [2.05, 4.69) is 127 Å². The van der Waals surface area contributed by atoms with Gasteiger partial charge in [0.1, 0.15) is 0 Å². The summed E-state index contributed by atoms with van der Waals surface area (Å²) in [6, 6.07) is 47.3. The van der Waals surface area contributed by atoms with Crippen LogP contribution < -0.4 is 4.90 Å². The van der Waals surface area contributed by atoms with E-state index in [1.165, 1.54) is 37.3 Å². The number of para-hydroxylation sites is 2. The van der Waals surface area contributed by atoms with Gasteiger partial charge in [0.2, 0.25) is 0 Å². The molecule has 7 aromatic rings. The molecule has 0 radical (unpaired) electrons. The molecule has 0 unspecified atom stereocenters. The van der Waals surface area contributed by atoms with Gasteiger partial charge in [0, 0.05) is 54.0 Å². The molecule has 0 N–H and O–H groups in total. The lowest BCUT2D eigenvalue weighted by molar-refractivity contribution is 1.13. The van der Waals surface area contributed by atoms with E-state index in [1.807, 2.05) is 60.8 Å². The summed E-state index contributed by atoms with van der Waals surface area (Å²) in [4.78, 5) is 13.7. The zero-order chi connectivity index (χ0) is 31.7. The Morgan fingerprint density at radius 1 is 0.681 bits per heavy atom. The van der Waals surface area contributed by atoms with Gasteiger partial charge in [-0.15, -0.1) is 11.3 Å². The van der Waals surface area contributed by atoms with Crippen LogP contribution in [0.25, 0.3) is 59.7 Å². The Balaban J connectivity index is 1.27. The van der Waals surface area contributed by atoms with E-state index in [1.54, 1.807) is 0 Å². The first-order valence-electron chi connectivity index (χ1n) is 15.7. The highest BCUT2D eigenvalue weighted by atomic mass is 32.1. The van der Waals surface area contributed by atoms with Crippen LogP contribution in [0.15, 0.2) is 164 Å². The lowest BCUT2D eigenvalue weighted by atomic mass is 9.99. The van der Waals surface area contributed by atoms with Crippen molar-refractivity contribution in [1.29, 1.82) is 0 Å². The summed E-state index contributed by atoms with van der Waals surface area (Å²) >= 11 is 1.87. The van der Waals surface area contributed by atoms with Gasteiger partial charge in [0.25, 0.3) is 0 Å². The normalized spacial score (nSPS) is 12.4. The highest BCUT2D eigenvalue weighted by Gasteiger charge is 2.28. The summed E-state index contributed by atoms with van der Waals surface area (Å²) in [6.45, 7) is 6.04. The molecule has 0 saturated carbocycles. The van der Waals surface area contributed by atoms with Gasteiger partial charge in [0.05, 0.1) is 22.8 Å². The Morgan fingerprint density at radius 2 is 1.30 bits per heavy atom. The van der Waals surface area contributed by atoms with Gasteiger partial charge >= 0.3 is 0 Å².